The highest BCUT2D eigenvalue weighted by Gasteiger charge is 2.21. The molecule has 0 aliphatic carbocycles. The van der Waals surface area contributed by atoms with E-state index in [9.17, 15) is 9.18 Å². The fourth-order valence-corrected chi connectivity index (χ4v) is 3.68. The van der Waals surface area contributed by atoms with Gasteiger partial charge in [-0.2, -0.15) is 0 Å². The fraction of sp³-hybridized carbons (Fsp3) is 0.208. The lowest BCUT2D eigenvalue weighted by Crippen LogP contribution is -2.33. The molecule has 0 unspecified atom stereocenters. The molecule has 0 aliphatic rings. The van der Waals surface area contributed by atoms with Gasteiger partial charge >= 0.3 is 0 Å². The number of anilines is 2. The Morgan fingerprint density at radius 2 is 1.97 bits per heavy atom. The van der Waals surface area contributed by atoms with E-state index in [0.29, 0.717) is 48.2 Å². The number of nitrogens with one attached hydrogen (secondary N) is 2. The maximum atomic E-state index is 14.6. The van der Waals surface area contributed by atoms with E-state index >= 15 is 0 Å². The van der Waals surface area contributed by atoms with Gasteiger partial charge < -0.3 is 15.0 Å². The summed E-state index contributed by atoms with van der Waals surface area (Å²) in [4.78, 5) is 18.9. The average molecular weight is 496 g/mol. The van der Waals surface area contributed by atoms with Crippen LogP contribution in [-0.4, -0.2) is 51.2 Å². The Labute approximate surface area is 206 Å². The van der Waals surface area contributed by atoms with Gasteiger partial charge in [0.05, 0.1) is 5.69 Å². The third-order valence-electron chi connectivity index (χ3n) is 5.07. The highest BCUT2D eigenvalue weighted by Crippen LogP contribution is 2.26. The SMILES string of the molecule is O=C(c1cc(Cl)cc(OCCNc2ccncc2)c1)N(CCCc1nnn[nH]1)c1ccccc1F. The Morgan fingerprint density at radius 1 is 1.14 bits per heavy atom. The summed E-state index contributed by atoms with van der Waals surface area (Å²) in [6.07, 6.45) is 4.41. The number of hydrogen-bond acceptors (Lipinski definition) is 7. The van der Waals surface area contributed by atoms with Crippen molar-refractivity contribution in [3.63, 3.8) is 0 Å². The number of ether oxygens (including phenoxy) is 1. The fourth-order valence-electron chi connectivity index (χ4n) is 3.45. The van der Waals surface area contributed by atoms with Crippen molar-refractivity contribution in [1.82, 2.24) is 25.6 Å². The van der Waals surface area contributed by atoms with Gasteiger partial charge in [0.15, 0.2) is 0 Å². The normalized spacial score (nSPS) is 10.7. The van der Waals surface area contributed by atoms with Gasteiger partial charge in [-0.3, -0.25) is 9.78 Å². The van der Waals surface area contributed by atoms with Crippen molar-refractivity contribution in [2.24, 2.45) is 0 Å². The molecule has 0 fully saturated rings. The number of nitrogens with zero attached hydrogens (tertiary/aromatic N) is 5. The molecule has 4 rings (SSSR count). The molecule has 9 nitrogen and oxygen atoms in total. The lowest BCUT2D eigenvalue weighted by molar-refractivity contribution is 0.0985. The number of para-hydroxylation sites is 1. The minimum atomic E-state index is -0.497. The Morgan fingerprint density at radius 3 is 2.74 bits per heavy atom. The summed E-state index contributed by atoms with van der Waals surface area (Å²) in [5.41, 5.74) is 1.39. The molecular weight excluding hydrogens is 473 g/mol. The first kappa shape index (κ1) is 24.1. The molecule has 0 spiro atoms. The van der Waals surface area contributed by atoms with Crippen molar-refractivity contribution < 1.29 is 13.9 Å². The first-order valence-electron chi connectivity index (χ1n) is 11.0. The molecule has 0 atom stereocenters. The zero-order chi connectivity index (χ0) is 24.5. The molecule has 0 radical (unpaired) electrons. The van der Waals surface area contributed by atoms with Crippen LogP contribution < -0.4 is 15.0 Å². The second kappa shape index (κ2) is 11.9. The van der Waals surface area contributed by atoms with E-state index in [1.54, 1.807) is 48.8 Å². The summed E-state index contributed by atoms with van der Waals surface area (Å²) >= 11 is 6.28. The molecule has 0 bridgehead atoms. The minimum Gasteiger partial charge on any atom is -0.492 e. The topological polar surface area (TPSA) is 109 Å². The molecular formula is C24H23ClFN7O2. The Bertz CT molecular complexity index is 1240. The lowest BCUT2D eigenvalue weighted by atomic mass is 10.1. The highest BCUT2D eigenvalue weighted by molar-refractivity contribution is 6.31. The van der Waals surface area contributed by atoms with Crippen LogP contribution in [0.15, 0.2) is 67.0 Å². The van der Waals surface area contributed by atoms with Crippen LogP contribution in [0.5, 0.6) is 5.75 Å². The van der Waals surface area contributed by atoms with Crippen LogP contribution in [-0.2, 0) is 6.42 Å². The predicted molar refractivity (Wildman–Crippen MR) is 130 cm³/mol. The number of amides is 1. The zero-order valence-corrected chi connectivity index (χ0v) is 19.5. The van der Waals surface area contributed by atoms with Gasteiger partial charge in [0, 0.05) is 48.2 Å². The number of halogens is 2. The average Bonchev–Trinajstić information content (AvgIpc) is 3.39. The van der Waals surface area contributed by atoms with Crippen molar-refractivity contribution in [2.45, 2.75) is 12.8 Å². The maximum absolute atomic E-state index is 14.6. The molecule has 0 aliphatic heterocycles. The first-order chi connectivity index (χ1) is 17.1. The van der Waals surface area contributed by atoms with E-state index in [1.165, 1.54) is 11.0 Å². The third kappa shape index (κ3) is 6.73. The summed E-state index contributed by atoms with van der Waals surface area (Å²) in [6.45, 7) is 1.13. The van der Waals surface area contributed by atoms with E-state index in [4.69, 9.17) is 16.3 Å². The van der Waals surface area contributed by atoms with Gasteiger partial charge in [-0.25, -0.2) is 9.49 Å². The summed E-state index contributed by atoms with van der Waals surface area (Å²) in [5.74, 6) is 0.138. The van der Waals surface area contributed by atoms with Gasteiger partial charge in [-0.1, -0.05) is 23.7 Å². The number of rotatable bonds is 11. The molecule has 180 valence electrons. The molecule has 0 saturated carbocycles. The van der Waals surface area contributed by atoms with Gasteiger partial charge in [0.2, 0.25) is 0 Å². The number of benzene rings is 2. The van der Waals surface area contributed by atoms with Crippen LogP contribution in [0.2, 0.25) is 5.02 Å². The van der Waals surface area contributed by atoms with Crippen molar-refractivity contribution in [1.29, 1.82) is 0 Å². The van der Waals surface area contributed by atoms with E-state index in [2.05, 4.69) is 30.9 Å². The van der Waals surface area contributed by atoms with Crippen molar-refractivity contribution in [3.8, 4) is 5.75 Å². The number of carbonyl (C=O) groups excluding carboxylic acids is 1. The Kier molecular flexibility index (Phi) is 8.18. The number of H-pyrrole nitrogens is 1. The van der Waals surface area contributed by atoms with E-state index in [-0.39, 0.29) is 12.2 Å². The number of aromatic amines is 1. The van der Waals surface area contributed by atoms with Gasteiger partial charge in [0.25, 0.3) is 5.91 Å². The van der Waals surface area contributed by atoms with E-state index in [0.717, 1.165) is 5.69 Å². The predicted octanol–water partition coefficient (Wildman–Crippen LogP) is 4.16. The van der Waals surface area contributed by atoms with Gasteiger partial charge in [-0.05, 0) is 59.3 Å². The number of hydrogen-bond donors (Lipinski definition) is 2. The second-order valence-corrected chi connectivity index (χ2v) is 7.98. The molecule has 0 saturated heterocycles. The summed E-state index contributed by atoms with van der Waals surface area (Å²) < 4.78 is 20.4. The molecule has 2 aromatic heterocycles. The number of tetrazole rings is 1. The zero-order valence-electron chi connectivity index (χ0n) is 18.7. The monoisotopic (exact) mass is 495 g/mol. The van der Waals surface area contributed by atoms with Crippen molar-refractivity contribution in [2.75, 3.05) is 29.9 Å². The quantitative estimate of drug-likeness (QED) is 0.301. The van der Waals surface area contributed by atoms with Gasteiger partial charge in [0.1, 0.15) is 24.0 Å². The van der Waals surface area contributed by atoms with Crippen LogP contribution in [0.3, 0.4) is 0 Å². The van der Waals surface area contributed by atoms with Crippen molar-refractivity contribution in [3.05, 3.63) is 89.2 Å². The molecule has 35 heavy (non-hydrogen) atoms. The molecule has 4 aromatic rings. The Balaban J connectivity index is 1.46. The maximum Gasteiger partial charge on any atom is 0.258 e. The van der Waals surface area contributed by atoms with Crippen molar-refractivity contribution >= 4 is 28.9 Å². The number of aryl methyl sites for hydroxylation is 1. The summed E-state index contributed by atoms with van der Waals surface area (Å²) in [7, 11) is 0. The number of carbonyl (C=O) groups is 1. The minimum absolute atomic E-state index is 0.178. The third-order valence-corrected chi connectivity index (χ3v) is 5.29. The highest BCUT2D eigenvalue weighted by atomic mass is 35.5. The molecule has 2 aromatic carbocycles. The largest absolute Gasteiger partial charge is 0.492 e. The van der Waals surface area contributed by atoms with Gasteiger partial charge in [-0.15, -0.1) is 5.10 Å². The standard InChI is InChI=1S/C24H23ClFN7O2/c25-18-14-17(15-20(16-18)35-13-11-28-19-7-9-27-10-8-19)24(34)33(22-5-2-1-4-21(22)26)12-3-6-23-29-31-32-30-23/h1-2,4-5,7-10,14-16H,3,6,11-13H2,(H,27,28)(H,29,30,31,32). The summed E-state index contributed by atoms with van der Waals surface area (Å²) in [5, 5.41) is 17.2. The van der Waals surface area contributed by atoms with Crippen LogP contribution in [0.1, 0.15) is 22.6 Å². The molecule has 11 heteroatoms. The molecule has 2 N–H and O–H groups in total. The smallest absolute Gasteiger partial charge is 0.258 e. The van der Waals surface area contributed by atoms with Crippen LogP contribution >= 0.6 is 11.6 Å². The van der Waals surface area contributed by atoms with Crippen LogP contribution in [0, 0.1) is 5.82 Å². The molecule has 1 amide bonds. The number of pyridine rings is 1. The van der Waals surface area contributed by atoms with E-state index in [1.807, 2.05) is 12.1 Å². The number of aromatic nitrogens is 5. The Hall–Kier alpha value is -4.05. The van der Waals surface area contributed by atoms with E-state index < -0.39 is 11.7 Å². The molecule has 2 heterocycles. The summed E-state index contributed by atoms with van der Waals surface area (Å²) in [6, 6.07) is 14.6. The van der Waals surface area contributed by atoms with Crippen LogP contribution in [0.25, 0.3) is 0 Å². The lowest BCUT2D eigenvalue weighted by Gasteiger charge is -2.23. The second-order valence-electron chi connectivity index (χ2n) is 7.55. The van der Waals surface area contributed by atoms with Crippen LogP contribution in [0.4, 0.5) is 15.8 Å². The first-order valence-corrected chi connectivity index (χ1v) is 11.3.